The summed E-state index contributed by atoms with van der Waals surface area (Å²) >= 11 is 0. The zero-order chi connectivity index (χ0) is 24.4. The van der Waals surface area contributed by atoms with Crippen molar-refractivity contribution in [1.82, 2.24) is 14.7 Å². The van der Waals surface area contributed by atoms with Crippen LogP contribution < -0.4 is 5.32 Å². The van der Waals surface area contributed by atoms with Gasteiger partial charge in [0, 0.05) is 31.9 Å². The van der Waals surface area contributed by atoms with Gasteiger partial charge >= 0.3 is 6.03 Å². The Morgan fingerprint density at radius 3 is 2.51 bits per heavy atom. The molecule has 7 nitrogen and oxygen atoms in total. The van der Waals surface area contributed by atoms with E-state index in [9.17, 15) is 14.7 Å². The molecule has 7 heteroatoms. The van der Waals surface area contributed by atoms with E-state index >= 15 is 0 Å². The molecule has 1 aliphatic carbocycles. The smallest absolute Gasteiger partial charge is 0.322 e. The molecule has 1 spiro atoms. The van der Waals surface area contributed by atoms with Crippen LogP contribution in [-0.4, -0.2) is 83.2 Å². The minimum atomic E-state index is -0.493. The highest BCUT2D eigenvalue weighted by molar-refractivity contribution is 5.94. The Labute approximate surface area is 207 Å². The van der Waals surface area contributed by atoms with E-state index in [1.54, 1.807) is 4.90 Å². The van der Waals surface area contributed by atoms with Crippen LogP contribution in [0.3, 0.4) is 0 Å². The van der Waals surface area contributed by atoms with Crippen LogP contribution in [0.25, 0.3) is 11.1 Å². The van der Waals surface area contributed by atoms with Crippen LogP contribution in [-0.2, 0) is 4.79 Å². The highest BCUT2D eigenvalue weighted by Gasteiger charge is 2.51. The molecule has 0 radical (unpaired) electrons. The van der Waals surface area contributed by atoms with E-state index in [-0.39, 0.29) is 23.5 Å². The number of benzene rings is 2. The molecule has 186 valence electrons. The van der Waals surface area contributed by atoms with Crippen molar-refractivity contribution in [3.05, 3.63) is 54.6 Å². The molecular formula is C28H36N4O3. The molecule has 1 saturated carbocycles. The normalized spacial score (nSPS) is 24.0. The first-order chi connectivity index (χ1) is 16.9. The number of nitrogens with zero attached hydrogens (tertiary/aromatic N) is 3. The number of piperidine rings is 1. The highest BCUT2D eigenvalue weighted by Crippen LogP contribution is 2.53. The number of rotatable bonds is 6. The lowest BCUT2D eigenvalue weighted by Gasteiger charge is -2.40. The number of aliphatic hydroxyl groups is 1. The van der Waals surface area contributed by atoms with Crippen LogP contribution in [0.4, 0.5) is 10.5 Å². The number of carbonyl (C=O) groups excluding carboxylic acids is 2. The fourth-order valence-corrected chi connectivity index (χ4v) is 5.54. The van der Waals surface area contributed by atoms with E-state index in [1.165, 1.54) is 12.8 Å². The Morgan fingerprint density at radius 1 is 1.00 bits per heavy atom. The maximum absolute atomic E-state index is 13.0. The SMILES string of the molecule is CC1C(=O)N(CCCN2CCC3(CC3)C(O)C2)CCN1C(=O)Nc1cccc(-c2ccccc2)c1. The highest BCUT2D eigenvalue weighted by atomic mass is 16.3. The number of carbonyl (C=O) groups is 2. The maximum Gasteiger partial charge on any atom is 0.322 e. The van der Waals surface area contributed by atoms with Crippen LogP contribution >= 0.6 is 0 Å². The first kappa shape index (κ1) is 23.8. The predicted octanol–water partition coefficient (Wildman–Crippen LogP) is 3.66. The summed E-state index contributed by atoms with van der Waals surface area (Å²) in [5.41, 5.74) is 3.06. The van der Waals surface area contributed by atoms with Crippen molar-refractivity contribution >= 4 is 17.6 Å². The van der Waals surface area contributed by atoms with E-state index in [1.807, 2.05) is 66.4 Å². The van der Waals surface area contributed by atoms with Gasteiger partial charge < -0.3 is 25.1 Å². The number of hydrogen-bond donors (Lipinski definition) is 2. The molecule has 0 aromatic heterocycles. The molecule has 2 aliphatic heterocycles. The minimum absolute atomic E-state index is 0.0000449. The number of β-amino-alcohol motifs (C(OH)–C–C–N with tert-alkyl or cyclic N) is 1. The first-order valence-electron chi connectivity index (χ1n) is 12.9. The lowest BCUT2D eigenvalue weighted by atomic mass is 9.90. The number of likely N-dealkylation sites (tertiary alicyclic amines) is 1. The average molecular weight is 477 g/mol. The van der Waals surface area contributed by atoms with E-state index in [0.29, 0.717) is 19.6 Å². The van der Waals surface area contributed by atoms with Gasteiger partial charge in [-0.25, -0.2) is 4.79 Å². The Bertz CT molecular complexity index is 1060. The van der Waals surface area contributed by atoms with Gasteiger partial charge in [-0.15, -0.1) is 0 Å². The summed E-state index contributed by atoms with van der Waals surface area (Å²) in [5.74, 6) is 0.0000449. The van der Waals surface area contributed by atoms with Crippen LogP contribution in [0.2, 0.25) is 0 Å². The molecule has 35 heavy (non-hydrogen) atoms. The number of piperazine rings is 1. The van der Waals surface area contributed by atoms with Crippen LogP contribution in [0, 0.1) is 5.41 Å². The van der Waals surface area contributed by atoms with Crippen LogP contribution in [0.1, 0.15) is 32.6 Å². The number of amides is 3. The van der Waals surface area contributed by atoms with Gasteiger partial charge in [0.2, 0.25) is 5.91 Å². The fraction of sp³-hybridized carbons (Fsp3) is 0.500. The van der Waals surface area contributed by atoms with Crippen molar-refractivity contribution < 1.29 is 14.7 Å². The number of hydrogen-bond acceptors (Lipinski definition) is 4. The summed E-state index contributed by atoms with van der Waals surface area (Å²) in [6, 6.07) is 17.1. The summed E-state index contributed by atoms with van der Waals surface area (Å²) in [6.45, 7) is 6.26. The summed E-state index contributed by atoms with van der Waals surface area (Å²) in [4.78, 5) is 31.9. The Morgan fingerprint density at radius 2 is 1.77 bits per heavy atom. The molecule has 2 heterocycles. The quantitative estimate of drug-likeness (QED) is 0.667. The van der Waals surface area contributed by atoms with Crippen molar-refractivity contribution in [1.29, 1.82) is 0 Å². The predicted molar refractivity (Wildman–Crippen MR) is 137 cm³/mol. The molecule has 2 saturated heterocycles. The van der Waals surface area contributed by atoms with Gasteiger partial charge in [-0.05, 0) is 74.4 Å². The molecule has 2 aromatic rings. The summed E-state index contributed by atoms with van der Waals surface area (Å²) in [6.07, 6.45) is 4.12. The van der Waals surface area contributed by atoms with Gasteiger partial charge in [0.15, 0.2) is 0 Å². The standard InChI is InChI=1S/C28H36N4O3/c1-21-26(34)31(15-6-14-30-16-13-28(11-12-28)25(33)20-30)17-18-32(21)27(35)29-24-10-5-9-23(19-24)22-7-3-2-4-8-22/h2-5,7-10,19,21,25,33H,6,11-18,20H2,1H3,(H,29,35). The number of anilines is 1. The topological polar surface area (TPSA) is 76.1 Å². The van der Waals surface area contributed by atoms with Gasteiger partial charge in [-0.1, -0.05) is 42.5 Å². The molecule has 3 fully saturated rings. The number of nitrogens with one attached hydrogen (secondary N) is 1. The molecule has 2 N–H and O–H groups in total. The summed E-state index contributed by atoms with van der Waals surface area (Å²) < 4.78 is 0. The first-order valence-corrected chi connectivity index (χ1v) is 12.9. The van der Waals surface area contributed by atoms with E-state index in [4.69, 9.17) is 0 Å². The van der Waals surface area contributed by atoms with Gasteiger partial charge in [0.05, 0.1) is 6.10 Å². The number of aliphatic hydroxyl groups excluding tert-OH is 1. The molecule has 0 bridgehead atoms. The molecule has 5 rings (SSSR count). The Kier molecular flexibility index (Phi) is 6.80. The maximum atomic E-state index is 13.0. The van der Waals surface area contributed by atoms with Gasteiger partial charge in [-0.2, -0.15) is 0 Å². The lowest BCUT2D eigenvalue weighted by molar-refractivity contribution is -0.139. The zero-order valence-corrected chi connectivity index (χ0v) is 20.5. The molecule has 2 aromatic carbocycles. The third-order valence-corrected chi connectivity index (χ3v) is 8.09. The van der Waals surface area contributed by atoms with Crippen molar-refractivity contribution in [2.45, 2.75) is 44.8 Å². The molecule has 3 amide bonds. The summed E-state index contributed by atoms with van der Waals surface area (Å²) in [5, 5.41) is 13.4. The van der Waals surface area contributed by atoms with Gasteiger partial charge in [0.1, 0.15) is 6.04 Å². The third-order valence-electron chi connectivity index (χ3n) is 8.09. The van der Waals surface area contributed by atoms with Crippen LogP contribution in [0.5, 0.6) is 0 Å². The zero-order valence-electron chi connectivity index (χ0n) is 20.5. The average Bonchev–Trinajstić information content (AvgIpc) is 3.65. The molecular weight excluding hydrogens is 440 g/mol. The second-order valence-electron chi connectivity index (χ2n) is 10.4. The third kappa shape index (κ3) is 5.21. The van der Waals surface area contributed by atoms with E-state index in [0.717, 1.165) is 49.3 Å². The largest absolute Gasteiger partial charge is 0.391 e. The van der Waals surface area contributed by atoms with Gasteiger partial charge in [-0.3, -0.25) is 4.79 Å². The monoisotopic (exact) mass is 476 g/mol. The lowest BCUT2D eigenvalue weighted by Crippen LogP contribution is -2.58. The molecule has 2 unspecified atom stereocenters. The van der Waals surface area contributed by atoms with Gasteiger partial charge in [0.25, 0.3) is 0 Å². The van der Waals surface area contributed by atoms with Crippen molar-refractivity contribution in [2.75, 3.05) is 44.6 Å². The second-order valence-corrected chi connectivity index (χ2v) is 10.4. The molecule has 2 atom stereocenters. The molecule has 3 aliphatic rings. The second kappa shape index (κ2) is 9.99. The van der Waals surface area contributed by atoms with E-state index in [2.05, 4.69) is 10.2 Å². The Balaban J connectivity index is 1.11. The summed E-state index contributed by atoms with van der Waals surface area (Å²) in [7, 11) is 0. The van der Waals surface area contributed by atoms with Crippen molar-refractivity contribution in [3.8, 4) is 11.1 Å². The Hall–Kier alpha value is -2.90. The fourth-order valence-electron chi connectivity index (χ4n) is 5.54. The van der Waals surface area contributed by atoms with Crippen molar-refractivity contribution in [2.24, 2.45) is 5.41 Å². The van der Waals surface area contributed by atoms with Crippen molar-refractivity contribution in [3.63, 3.8) is 0 Å². The minimum Gasteiger partial charge on any atom is -0.391 e. The van der Waals surface area contributed by atoms with Crippen LogP contribution in [0.15, 0.2) is 54.6 Å². The van der Waals surface area contributed by atoms with E-state index < -0.39 is 6.04 Å². The number of urea groups is 1.